The van der Waals surface area contributed by atoms with Gasteiger partial charge in [-0.3, -0.25) is 9.36 Å². The Morgan fingerprint density at radius 1 is 1.04 bits per heavy atom. The van der Waals surface area contributed by atoms with Crippen molar-refractivity contribution < 1.29 is 23.1 Å². The molecule has 0 unspecified atom stereocenters. The number of carbonyl (C=O) groups is 1. The molecule has 3 atom stereocenters. The molecule has 0 amide bonds. The minimum Gasteiger partial charge on any atom is -0.458 e. The Labute approximate surface area is 289 Å². The number of anilines is 1. The van der Waals surface area contributed by atoms with Gasteiger partial charge in [-0.05, 0) is 21.8 Å². The summed E-state index contributed by atoms with van der Waals surface area (Å²) in [6, 6.07) is 20.4. The lowest BCUT2D eigenvalue weighted by atomic mass is 9.98. The number of unbranched alkanes of at least 4 members (excludes halogenated alkanes) is 6. The third kappa shape index (κ3) is 7.72. The maximum absolute atomic E-state index is 14.3. The molecule has 1 aliphatic rings. The molecule has 1 saturated heterocycles. The minimum atomic E-state index is -3.06. The minimum absolute atomic E-state index is 0.0548. The van der Waals surface area contributed by atoms with Crippen molar-refractivity contribution in [2.45, 2.75) is 108 Å². The van der Waals surface area contributed by atoms with Crippen LogP contribution in [0, 0.1) is 18.4 Å². The van der Waals surface area contributed by atoms with E-state index in [-0.39, 0.29) is 47.4 Å². The summed E-state index contributed by atoms with van der Waals surface area (Å²) >= 11 is 0. The highest BCUT2D eigenvalue weighted by Crippen LogP contribution is 2.43. The first-order chi connectivity index (χ1) is 23.5. The molecule has 2 aromatic heterocycles. The van der Waals surface area contributed by atoms with Gasteiger partial charge in [-0.1, -0.05) is 133 Å². The number of esters is 1. The van der Waals surface area contributed by atoms with Crippen molar-refractivity contribution >= 4 is 41.6 Å². The van der Waals surface area contributed by atoms with Crippen LogP contribution in [-0.2, 0) is 18.7 Å². The van der Waals surface area contributed by atoms with E-state index in [1.165, 1.54) is 25.6 Å². The van der Waals surface area contributed by atoms with Crippen LogP contribution in [0.15, 0.2) is 67.0 Å². The molecule has 0 spiro atoms. The fourth-order valence-electron chi connectivity index (χ4n) is 6.89. The number of nitrogens with zero attached hydrogens (tertiary/aromatic N) is 4. The number of ether oxygens (including phenoxy) is 2. The van der Waals surface area contributed by atoms with Crippen LogP contribution >= 0.6 is 0 Å². The van der Waals surface area contributed by atoms with Gasteiger partial charge in [-0.25, -0.2) is 4.98 Å². The molecule has 2 N–H and O–H groups in total. The van der Waals surface area contributed by atoms with Gasteiger partial charge in [0.25, 0.3) is 8.32 Å². The third-order valence-electron chi connectivity index (χ3n) is 9.44. The summed E-state index contributed by atoms with van der Waals surface area (Å²) in [4.78, 5) is 25.2. The molecule has 0 radical (unpaired) electrons. The second kappa shape index (κ2) is 15.6. The summed E-state index contributed by atoms with van der Waals surface area (Å²) in [6.07, 6.45) is 13.2. The molecule has 4 aromatic rings. The Kier molecular flexibility index (Phi) is 11.5. The highest BCUT2D eigenvalue weighted by molar-refractivity contribution is 6.99. The number of benzene rings is 2. The highest BCUT2D eigenvalue weighted by atomic mass is 28.4. The molecule has 1 fully saturated rings. The Hall–Kier alpha value is -4.11. The van der Waals surface area contributed by atoms with E-state index >= 15 is 0 Å². The Balaban J connectivity index is 1.48. The molecule has 5 rings (SSSR count). The number of nitrogens with two attached hydrogens (primary N) is 1. The number of halogens is 1. The summed E-state index contributed by atoms with van der Waals surface area (Å²) < 4.78 is 36.0. The van der Waals surface area contributed by atoms with Crippen molar-refractivity contribution in [1.29, 1.82) is 0 Å². The second-order valence-electron chi connectivity index (χ2n) is 13.8. The topological polar surface area (TPSA) is 114 Å². The van der Waals surface area contributed by atoms with Gasteiger partial charge in [0.15, 0.2) is 22.6 Å². The van der Waals surface area contributed by atoms with Gasteiger partial charge < -0.3 is 19.6 Å². The van der Waals surface area contributed by atoms with Gasteiger partial charge in [0.1, 0.15) is 12.3 Å². The van der Waals surface area contributed by atoms with Crippen LogP contribution in [0.2, 0.25) is 5.04 Å². The van der Waals surface area contributed by atoms with E-state index in [1.54, 1.807) is 4.57 Å². The number of hydrogen-bond donors (Lipinski definition) is 1. The van der Waals surface area contributed by atoms with Gasteiger partial charge in [-0.15, -0.1) is 6.42 Å². The maximum atomic E-state index is 14.3. The normalized spacial score (nSPS) is 19.6. The fourth-order valence-corrected chi connectivity index (χ4v) is 11.5. The average molecular weight is 686 g/mol. The summed E-state index contributed by atoms with van der Waals surface area (Å²) in [7, 11) is -3.06. The van der Waals surface area contributed by atoms with E-state index in [1.807, 2.05) is 36.4 Å². The molecule has 0 aliphatic carbocycles. The summed E-state index contributed by atoms with van der Waals surface area (Å²) in [6.45, 7) is 8.67. The first-order valence-corrected chi connectivity index (χ1v) is 19.2. The first kappa shape index (κ1) is 36.2. The van der Waals surface area contributed by atoms with Crippen LogP contribution in [0.3, 0.4) is 0 Å². The molecule has 9 nitrogen and oxygen atoms in total. The third-order valence-corrected chi connectivity index (χ3v) is 14.4. The molecular formula is C38H48FN5O4Si. The summed E-state index contributed by atoms with van der Waals surface area (Å²) in [5.41, 5.74) is 4.88. The van der Waals surface area contributed by atoms with Crippen LogP contribution in [0.1, 0.15) is 91.7 Å². The van der Waals surface area contributed by atoms with E-state index in [2.05, 4.69) is 72.8 Å². The predicted octanol–water partition coefficient (Wildman–Crippen LogP) is 6.47. The molecule has 3 heterocycles. The smallest absolute Gasteiger partial charge is 0.312 e. The van der Waals surface area contributed by atoms with Crippen molar-refractivity contribution in [3.05, 3.63) is 73.1 Å². The van der Waals surface area contributed by atoms with Crippen molar-refractivity contribution in [1.82, 2.24) is 19.5 Å². The molecular weight excluding hydrogens is 638 g/mol. The lowest BCUT2D eigenvalue weighted by Crippen LogP contribution is -2.68. The maximum Gasteiger partial charge on any atom is 0.312 e. The van der Waals surface area contributed by atoms with Crippen LogP contribution in [-0.4, -0.2) is 52.1 Å². The highest BCUT2D eigenvalue weighted by Gasteiger charge is 2.56. The number of nitrogen functional groups attached to an aromatic ring is 1. The van der Waals surface area contributed by atoms with Gasteiger partial charge >= 0.3 is 12.0 Å². The molecule has 0 bridgehead atoms. The quantitative estimate of drug-likeness (QED) is 0.0498. The zero-order valence-corrected chi connectivity index (χ0v) is 30.0. The standard InChI is InChI=1S/C38H48FN5O4Si/c1-6-8-9-10-11-12-19-24-32(45)47-30-25-31(44-27-41-33-34(40)42-36(39)43-35(33)44)48-38(30,7-2)26-46-49(37(3,4)5,28-20-15-13-16-21-28)29-22-17-14-18-23-29/h2,13-18,20-23,27,30-31H,6,8-12,19,24-26H2,1,3-5H3,(H2,40,42,43)/t30-,31+,38+/m0/s1. The van der Waals surface area contributed by atoms with Gasteiger partial charge in [0.2, 0.25) is 0 Å². The second-order valence-corrected chi connectivity index (χ2v) is 18.2. The SMILES string of the molecule is C#C[C@]1(CO[Si](c2ccccc2)(c2ccccc2)C(C)(C)C)O[C@@H](n2cnc3c(N)nc(F)nc32)C[C@@H]1OC(=O)CCCCCCCCC. The van der Waals surface area contributed by atoms with Gasteiger partial charge in [0, 0.05) is 12.8 Å². The number of aromatic nitrogens is 4. The van der Waals surface area contributed by atoms with Crippen molar-refractivity contribution in [3.8, 4) is 12.3 Å². The average Bonchev–Trinajstić information content (AvgIpc) is 3.67. The molecule has 2 aromatic carbocycles. The number of hydrogen-bond acceptors (Lipinski definition) is 8. The number of rotatable bonds is 15. The predicted molar refractivity (Wildman–Crippen MR) is 192 cm³/mol. The lowest BCUT2D eigenvalue weighted by Gasteiger charge is -2.44. The van der Waals surface area contributed by atoms with E-state index in [0.29, 0.717) is 0 Å². The van der Waals surface area contributed by atoms with Crippen LogP contribution in [0.25, 0.3) is 11.2 Å². The Morgan fingerprint density at radius 3 is 2.24 bits per heavy atom. The lowest BCUT2D eigenvalue weighted by molar-refractivity contribution is -0.158. The number of terminal acetylenes is 1. The van der Waals surface area contributed by atoms with Crippen LogP contribution in [0.5, 0.6) is 0 Å². The molecule has 260 valence electrons. The molecule has 49 heavy (non-hydrogen) atoms. The van der Waals surface area contributed by atoms with Crippen molar-refractivity contribution in [3.63, 3.8) is 0 Å². The van der Waals surface area contributed by atoms with Gasteiger partial charge in [0.05, 0.1) is 12.9 Å². The molecule has 11 heteroatoms. The number of fused-ring (bicyclic) bond motifs is 1. The Morgan fingerprint density at radius 2 is 1.65 bits per heavy atom. The van der Waals surface area contributed by atoms with E-state index in [0.717, 1.165) is 36.1 Å². The van der Waals surface area contributed by atoms with Crippen molar-refractivity contribution in [2.24, 2.45) is 0 Å². The first-order valence-electron chi connectivity index (χ1n) is 17.3. The van der Waals surface area contributed by atoms with E-state index < -0.39 is 32.3 Å². The largest absolute Gasteiger partial charge is 0.458 e. The van der Waals surface area contributed by atoms with Crippen LogP contribution in [0.4, 0.5) is 10.2 Å². The zero-order chi connectivity index (χ0) is 35.1. The van der Waals surface area contributed by atoms with Gasteiger partial charge in [-0.2, -0.15) is 14.4 Å². The number of imidazole rings is 1. The van der Waals surface area contributed by atoms with E-state index in [9.17, 15) is 9.18 Å². The van der Waals surface area contributed by atoms with E-state index in [4.69, 9.17) is 26.1 Å². The fraction of sp³-hybridized carbons (Fsp3) is 0.474. The monoisotopic (exact) mass is 685 g/mol. The number of carbonyl (C=O) groups excluding carboxylic acids is 1. The Bertz CT molecular complexity index is 1700. The molecule has 0 saturated carbocycles. The molecule has 1 aliphatic heterocycles. The summed E-state index contributed by atoms with van der Waals surface area (Å²) in [5.74, 6) is 2.42. The van der Waals surface area contributed by atoms with Crippen LogP contribution < -0.4 is 16.1 Å². The zero-order valence-electron chi connectivity index (χ0n) is 29.0. The van der Waals surface area contributed by atoms with Crippen molar-refractivity contribution in [2.75, 3.05) is 12.3 Å². The summed E-state index contributed by atoms with van der Waals surface area (Å²) in [5, 5.41) is 1.82.